The molecule has 0 fully saturated rings. The van der Waals surface area contributed by atoms with Crippen LogP contribution in [0.1, 0.15) is 0 Å². The molecule has 10 nitrogen and oxygen atoms in total. The van der Waals surface area contributed by atoms with Crippen LogP contribution in [0.5, 0.6) is 5.75 Å². The molecule has 26 heavy (non-hydrogen) atoms. The second-order valence-electron chi connectivity index (χ2n) is 4.95. The Morgan fingerprint density at radius 2 is 1.88 bits per heavy atom. The molecule has 0 atom stereocenters. The molecular formula is C15H15FN2O8. The third kappa shape index (κ3) is 3.42. The van der Waals surface area contributed by atoms with Gasteiger partial charge in [-0.1, -0.05) is 0 Å². The van der Waals surface area contributed by atoms with Crippen molar-refractivity contribution < 1.29 is 37.9 Å². The number of methoxy groups -OCH3 is 3. The van der Waals surface area contributed by atoms with Gasteiger partial charge in [-0.05, 0) is 0 Å². The van der Waals surface area contributed by atoms with Gasteiger partial charge in [-0.3, -0.25) is 10.1 Å². The van der Waals surface area contributed by atoms with Crippen LogP contribution in [0.15, 0.2) is 23.4 Å². The lowest BCUT2D eigenvalue weighted by Crippen LogP contribution is -2.39. The maximum atomic E-state index is 14.1. The summed E-state index contributed by atoms with van der Waals surface area (Å²) in [5.74, 6) is -2.99. The lowest BCUT2D eigenvalue weighted by atomic mass is 10.1. The van der Waals surface area contributed by atoms with E-state index in [9.17, 15) is 24.1 Å². The molecular weight excluding hydrogens is 355 g/mol. The van der Waals surface area contributed by atoms with Crippen molar-refractivity contribution in [2.24, 2.45) is 0 Å². The number of hydrogen-bond acceptors (Lipinski definition) is 9. The summed E-state index contributed by atoms with van der Waals surface area (Å²) in [5.41, 5.74) is -1.25. The molecule has 11 heteroatoms. The van der Waals surface area contributed by atoms with E-state index in [2.05, 4.69) is 9.47 Å². The second-order valence-corrected chi connectivity index (χ2v) is 4.95. The summed E-state index contributed by atoms with van der Waals surface area (Å²) in [4.78, 5) is 35.3. The van der Waals surface area contributed by atoms with Crippen LogP contribution in [0.4, 0.5) is 15.8 Å². The van der Waals surface area contributed by atoms with Gasteiger partial charge < -0.3 is 23.8 Å². The van der Waals surface area contributed by atoms with E-state index in [-0.39, 0.29) is 36.0 Å². The Morgan fingerprint density at radius 1 is 1.23 bits per heavy atom. The van der Waals surface area contributed by atoms with E-state index in [4.69, 9.17) is 9.47 Å². The molecule has 0 radical (unpaired) electrons. The fourth-order valence-electron chi connectivity index (χ4n) is 2.38. The van der Waals surface area contributed by atoms with Gasteiger partial charge in [-0.25, -0.2) is 9.59 Å². The van der Waals surface area contributed by atoms with Gasteiger partial charge in [-0.2, -0.15) is 4.39 Å². The average Bonchev–Trinajstić information content (AvgIpc) is 2.65. The van der Waals surface area contributed by atoms with Crippen molar-refractivity contribution >= 4 is 23.3 Å². The van der Waals surface area contributed by atoms with Crippen LogP contribution in [-0.2, 0) is 23.8 Å². The van der Waals surface area contributed by atoms with Crippen molar-refractivity contribution in [1.29, 1.82) is 0 Å². The van der Waals surface area contributed by atoms with E-state index in [0.29, 0.717) is 0 Å². The standard InChI is InChI=1S/C15H15FN2O8/c1-23-12-5-10(18(21)22)9(16)4-11(12)17-7-26-6-8(14(19)24-2)13(17)15(20)25-3/h4-5H,6-7H2,1-3H3. The number of ether oxygens (including phenoxy) is 4. The minimum Gasteiger partial charge on any atom is -0.494 e. The zero-order valence-corrected chi connectivity index (χ0v) is 14.1. The monoisotopic (exact) mass is 370 g/mol. The summed E-state index contributed by atoms with van der Waals surface area (Å²) < 4.78 is 33.8. The number of benzene rings is 1. The quantitative estimate of drug-likeness (QED) is 0.427. The van der Waals surface area contributed by atoms with Crippen LogP contribution in [0, 0.1) is 15.9 Å². The number of esters is 2. The van der Waals surface area contributed by atoms with Crippen LogP contribution in [0.3, 0.4) is 0 Å². The lowest BCUT2D eigenvalue weighted by Gasteiger charge is -2.32. The Kier molecular flexibility index (Phi) is 5.72. The van der Waals surface area contributed by atoms with Gasteiger partial charge in [0.05, 0.1) is 50.2 Å². The average molecular weight is 370 g/mol. The number of rotatable bonds is 5. The van der Waals surface area contributed by atoms with Gasteiger partial charge in [0.1, 0.15) is 18.2 Å². The first-order valence-electron chi connectivity index (χ1n) is 7.12. The largest absolute Gasteiger partial charge is 0.494 e. The number of halogens is 1. The number of nitrogens with zero attached hydrogens (tertiary/aromatic N) is 2. The summed E-state index contributed by atoms with van der Waals surface area (Å²) in [5, 5.41) is 10.9. The van der Waals surface area contributed by atoms with Crippen LogP contribution >= 0.6 is 0 Å². The Bertz CT molecular complexity index is 792. The van der Waals surface area contributed by atoms with Crippen molar-refractivity contribution in [3.05, 3.63) is 39.3 Å². The van der Waals surface area contributed by atoms with Crippen molar-refractivity contribution in [1.82, 2.24) is 0 Å². The summed E-state index contributed by atoms with van der Waals surface area (Å²) >= 11 is 0. The molecule has 1 heterocycles. The molecule has 0 bridgehead atoms. The summed E-state index contributed by atoms with van der Waals surface area (Å²) in [6, 6.07) is 1.68. The summed E-state index contributed by atoms with van der Waals surface area (Å²) in [7, 11) is 3.44. The van der Waals surface area contributed by atoms with Gasteiger partial charge >= 0.3 is 17.6 Å². The molecule has 0 spiro atoms. The van der Waals surface area contributed by atoms with E-state index < -0.39 is 28.4 Å². The predicted octanol–water partition coefficient (Wildman–Crippen LogP) is 1.14. The topological polar surface area (TPSA) is 117 Å². The number of nitro benzene ring substituents is 1. The molecule has 1 aromatic carbocycles. The minimum absolute atomic E-state index is 0.0582. The number of nitro groups is 1. The molecule has 1 aromatic rings. The minimum atomic E-state index is -1.15. The van der Waals surface area contributed by atoms with Gasteiger partial charge in [0.25, 0.3) is 0 Å². The third-order valence-corrected chi connectivity index (χ3v) is 3.57. The van der Waals surface area contributed by atoms with Crippen LogP contribution in [-0.4, -0.2) is 51.5 Å². The second kappa shape index (κ2) is 7.78. The van der Waals surface area contributed by atoms with Crippen molar-refractivity contribution in [2.45, 2.75) is 0 Å². The van der Waals surface area contributed by atoms with Gasteiger partial charge in [0.2, 0.25) is 5.82 Å². The van der Waals surface area contributed by atoms with Crippen molar-refractivity contribution in [3.8, 4) is 5.75 Å². The van der Waals surface area contributed by atoms with Crippen LogP contribution in [0.25, 0.3) is 0 Å². The van der Waals surface area contributed by atoms with E-state index in [1.807, 2.05) is 0 Å². The Balaban J connectivity index is 2.68. The molecule has 0 aliphatic carbocycles. The van der Waals surface area contributed by atoms with Crippen molar-refractivity contribution in [2.75, 3.05) is 39.6 Å². The Hall–Kier alpha value is -3.21. The van der Waals surface area contributed by atoms with E-state index in [0.717, 1.165) is 31.3 Å². The first-order chi connectivity index (χ1) is 12.3. The molecule has 0 aromatic heterocycles. The maximum absolute atomic E-state index is 14.1. The first kappa shape index (κ1) is 19.1. The molecule has 0 N–H and O–H groups in total. The van der Waals surface area contributed by atoms with Gasteiger partial charge in [-0.15, -0.1) is 0 Å². The number of carbonyl (C=O) groups excluding carboxylic acids is 2. The van der Waals surface area contributed by atoms with E-state index in [1.165, 1.54) is 7.11 Å². The Morgan fingerprint density at radius 3 is 2.42 bits per heavy atom. The lowest BCUT2D eigenvalue weighted by molar-refractivity contribution is -0.387. The molecule has 0 saturated carbocycles. The third-order valence-electron chi connectivity index (χ3n) is 3.57. The van der Waals surface area contributed by atoms with E-state index >= 15 is 0 Å². The van der Waals surface area contributed by atoms with Crippen LogP contribution < -0.4 is 9.64 Å². The molecule has 1 aliphatic heterocycles. The zero-order valence-electron chi connectivity index (χ0n) is 14.1. The zero-order chi connectivity index (χ0) is 19.4. The molecule has 0 saturated heterocycles. The normalized spacial score (nSPS) is 14.1. The fourth-order valence-corrected chi connectivity index (χ4v) is 2.38. The molecule has 2 rings (SSSR count). The molecule has 1 aliphatic rings. The highest BCUT2D eigenvalue weighted by molar-refractivity contribution is 6.03. The summed E-state index contributed by atoms with van der Waals surface area (Å²) in [6.45, 7) is -0.482. The molecule has 140 valence electrons. The highest BCUT2D eigenvalue weighted by Crippen LogP contribution is 2.38. The number of carbonyl (C=O) groups is 2. The highest BCUT2D eigenvalue weighted by atomic mass is 19.1. The summed E-state index contributed by atoms with van der Waals surface area (Å²) in [6.07, 6.45) is 0. The first-order valence-corrected chi connectivity index (χ1v) is 7.12. The van der Waals surface area contributed by atoms with Gasteiger partial charge in [0.15, 0.2) is 0 Å². The van der Waals surface area contributed by atoms with Crippen LogP contribution in [0.2, 0.25) is 0 Å². The highest BCUT2D eigenvalue weighted by Gasteiger charge is 2.34. The smallest absolute Gasteiger partial charge is 0.355 e. The van der Waals surface area contributed by atoms with Gasteiger partial charge in [0, 0.05) is 6.07 Å². The maximum Gasteiger partial charge on any atom is 0.355 e. The van der Waals surface area contributed by atoms with Crippen molar-refractivity contribution in [3.63, 3.8) is 0 Å². The molecule has 0 amide bonds. The Labute approximate surface area is 146 Å². The fraction of sp³-hybridized carbons (Fsp3) is 0.333. The predicted molar refractivity (Wildman–Crippen MR) is 84.0 cm³/mol. The molecule has 0 unspecified atom stereocenters. The van der Waals surface area contributed by atoms with E-state index in [1.54, 1.807) is 0 Å². The number of anilines is 1. The SMILES string of the molecule is COC(=O)C1=C(C(=O)OC)N(c2cc(F)c([N+](=O)[O-])cc2OC)COC1. The number of hydrogen-bond donors (Lipinski definition) is 0.